The van der Waals surface area contributed by atoms with Gasteiger partial charge in [0, 0.05) is 22.6 Å². The maximum atomic E-state index is 12.5. The summed E-state index contributed by atoms with van der Waals surface area (Å²) in [7, 11) is 1.68. The van der Waals surface area contributed by atoms with Gasteiger partial charge in [0.1, 0.15) is 5.75 Å². The molecule has 0 saturated heterocycles. The summed E-state index contributed by atoms with van der Waals surface area (Å²) in [6.45, 7) is 10.4. The lowest BCUT2D eigenvalue weighted by Crippen LogP contribution is -2.17. The molecule has 2 aromatic carbocycles. The highest BCUT2D eigenvalue weighted by Crippen LogP contribution is 2.29. The van der Waals surface area contributed by atoms with E-state index in [9.17, 15) is 4.79 Å². The fourth-order valence-electron chi connectivity index (χ4n) is 3.55. The molecular formula is C25H29N3O2. The van der Waals surface area contributed by atoms with Crippen molar-refractivity contribution in [3.63, 3.8) is 0 Å². The Hall–Kier alpha value is -3.34. The minimum atomic E-state index is -0.242. The molecule has 30 heavy (non-hydrogen) atoms. The van der Waals surface area contributed by atoms with Crippen molar-refractivity contribution in [3.8, 4) is 11.4 Å². The Morgan fingerprint density at radius 3 is 2.23 bits per heavy atom. The number of ether oxygens (including phenoxy) is 1. The molecule has 0 atom stereocenters. The van der Waals surface area contributed by atoms with Gasteiger partial charge in [0.25, 0.3) is 5.91 Å². The molecule has 1 heterocycles. The van der Waals surface area contributed by atoms with Crippen LogP contribution in [-0.2, 0) is 0 Å². The van der Waals surface area contributed by atoms with Crippen LogP contribution in [0.1, 0.15) is 58.2 Å². The van der Waals surface area contributed by atoms with Gasteiger partial charge < -0.3 is 9.30 Å². The molecule has 5 nitrogen and oxygen atoms in total. The Bertz CT molecular complexity index is 1060. The summed E-state index contributed by atoms with van der Waals surface area (Å²) in [5.74, 6) is 0.958. The Kier molecular flexibility index (Phi) is 6.40. The van der Waals surface area contributed by atoms with E-state index in [0.29, 0.717) is 11.5 Å². The number of carbonyl (C=O) groups excluding carboxylic acids is 1. The first kappa shape index (κ1) is 21.4. The quantitative estimate of drug-likeness (QED) is 0.449. The molecule has 0 saturated carbocycles. The summed E-state index contributed by atoms with van der Waals surface area (Å²) >= 11 is 0. The third-order valence-electron chi connectivity index (χ3n) is 5.27. The van der Waals surface area contributed by atoms with Crippen LogP contribution in [0.25, 0.3) is 5.69 Å². The molecule has 3 rings (SSSR count). The fraction of sp³-hybridized carbons (Fsp3) is 0.280. The standard InChI is InChI=1S/C25H29N3O2/c1-16(2)23-14-21(17(3)13-24(23)30-6)15-26-27-25(29)20-9-11-22(12-10-20)28-18(4)7-8-19(28)5/h7-16H,1-6H3,(H,27,29)/b26-15-. The van der Waals surface area contributed by atoms with Gasteiger partial charge in [0.2, 0.25) is 0 Å². The molecule has 3 aromatic rings. The summed E-state index contributed by atoms with van der Waals surface area (Å²) in [6.07, 6.45) is 1.68. The number of aryl methyl sites for hydroxylation is 3. The molecule has 0 bridgehead atoms. The van der Waals surface area contributed by atoms with Crippen LogP contribution in [0.4, 0.5) is 0 Å². The largest absolute Gasteiger partial charge is 0.496 e. The normalized spacial score (nSPS) is 11.3. The molecule has 156 valence electrons. The summed E-state index contributed by atoms with van der Waals surface area (Å²) in [5.41, 5.74) is 9.63. The summed E-state index contributed by atoms with van der Waals surface area (Å²) in [5, 5.41) is 4.16. The number of rotatable bonds is 6. The van der Waals surface area contributed by atoms with E-state index in [-0.39, 0.29) is 5.91 Å². The van der Waals surface area contributed by atoms with Crippen molar-refractivity contribution < 1.29 is 9.53 Å². The summed E-state index contributed by atoms with van der Waals surface area (Å²) in [6, 6.07) is 15.7. The number of hydrazone groups is 1. The number of hydrogen-bond acceptors (Lipinski definition) is 3. The first-order valence-electron chi connectivity index (χ1n) is 10.1. The number of benzene rings is 2. The predicted molar refractivity (Wildman–Crippen MR) is 122 cm³/mol. The molecule has 0 unspecified atom stereocenters. The Morgan fingerprint density at radius 1 is 1.03 bits per heavy atom. The van der Waals surface area contributed by atoms with Crippen LogP contribution in [0, 0.1) is 20.8 Å². The molecule has 1 aromatic heterocycles. The van der Waals surface area contributed by atoms with Crippen molar-refractivity contribution in [1.82, 2.24) is 9.99 Å². The maximum Gasteiger partial charge on any atom is 0.271 e. The molecule has 0 radical (unpaired) electrons. The first-order valence-corrected chi connectivity index (χ1v) is 10.1. The van der Waals surface area contributed by atoms with E-state index >= 15 is 0 Å². The summed E-state index contributed by atoms with van der Waals surface area (Å²) in [4.78, 5) is 12.5. The van der Waals surface area contributed by atoms with Crippen LogP contribution in [0.15, 0.2) is 53.6 Å². The molecule has 0 fully saturated rings. The van der Waals surface area contributed by atoms with Crippen molar-refractivity contribution in [1.29, 1.82) is 0 Å². The average molecular weight is 404 g/mol. The topological polar surface area (TPSA) is 55.6 Å². The lowest BCUT2D eigenvalue weighted by molar-refractivity contribution is 0.0955. The van der Waals surface area contributed by atoms with Crippen LogP contribution >= 0.6 is 0 Å². The van der Waals surface area contributed by atoms with E-state index in [1.807, 2.05) is 37.3 Å². The molecular weight excluding hydrogens is 374 g/mol. The molecule has 0 aliphatic carbocycles. The van der Waals surface area contributed by atoms with E-state index in [0.717, 1.165) is 39.5 Å². The molecule has 5 heteroatoms. The van der Waals surface area contributed by atoms with Crippen molar-refractivity contribution in [2.75, 3.05) is 7.11 Å². The van der Waals surface area contributed by atoms with Crippen LogP contribution in [-0.4, -0.2) is 23.8 Å². The number of amides is 1. The Morgan fingerprint density at radius 2 is 1.67 bits per heavy atom. The number of methoxy groups -OCH3 is 1. The van der Waals surface area contributed by atoms with Crippen LogP contribution < -0.4 is 10.2 Å². The third-order valence-corrected chi connectivity index (χ3v) is 5.27. The zero-order chi connectivity index (χ0) is 21.8. The van der Waals surface area contributed by atoms with Gasteiger partial charge in [-0.1, -0.05) is 13.8 Å². The number of hydrogen-bond donors (Lipinski definition) is 1. The molecule has 0 aliphatic rings. The van der Waals surface area contributed by atoms with Gasteiger partial charge in [-0.05, 0) is 91.9 Å². The highest BCUT2D eigenvalue weighted by molar-refractivity contribution is 5.95. The maximum absolute atomic E-state index is 12.5. The molecule has 0 aliphatic heterocycles. The van der Waals surface area contributed by atoms with Crippen molar-refractivity contribution in [3.05, 3.63) is 82.2 Å². The minimum Gasteiger partial charge on any atom is -0.496 e. The number of carbonyl (C=O) groups is 1. The Balaban J connectivity index is 1.73. The van der Waals surface area contributed by atoms with Crippen molar-refractivity contribution in [2.24, 2.45) is 5.10 Å². The second-order valence-corrected chi connectivity index (χ2v) is 7.80. The summed E-state index contributed by atoms with van der Waals surface area (Å²) < 4.78 is 7.63. The minimum absolute atomic E-state index is 0.242. The number of aromatic nitrogens is 1. The second-order valence-electron chi connectivity index (χ2n) is 7.80. The fourth-order valence-corrected chi connectivity index (χ4v) is 3.55. The van der Waals surface area contributed by atoms with E-state index in [4.69, 9.17) is 4.74 Å². The average Bonchev–Trinajstić information content (AvgIpc) is 3.06. The smallest absolute Gasteiger partial charge is 0.271 e. The number of nitrogens with one attached hydrogen (secondary N) is 1. The van der Waals surface area contributed by atoms with Crippen molar-refractivity contribution in [2.45, 2.75) is 40.5 Å². The van der Waals surface area contributed by atoms with Gasteiger partial charge in [0.15, 0.2) is 0 Å². The third kappa shape index (κ3) is 4.46. The van der Waals surface area contributed by atoms with Crippen LogP contribution in [0.3, 0.4) is 0 Å². The zero-order valence-electron chi connectivity index (χ0n) is 18.5. The van der Waals surface area contributed by atoms with Crippen LogP contribution in [0.5, 0.6) is 5.75 Å². The zero-order valence-corrected chi connectivity index (χ0v) is 18.5. The lowest BCUT2D eigenvalue weighted by Gasteiger charge is -2.14. The van der Waals surface area contributed by atoms with E-state index < -0.39 is 0 Å². The highest BCUT2D eigenvalue weighted by Gasteiger charge is 2.11. The molecule has 0 spiro atoms. The van der Waals surface area contributed by atoms with Crippen LogP contribution in [0.2, 0.25) is 0 Å². The van der Waals surface area contributed by atoms with Gasteiger partial charge in [-0.25, -0.2) is 5.43 Å². The second kappa shape index (κ2) is 8.99. The number of nitrogens with zero attached hydrogens (tertiary/aromatic N) is 2. The van der Waals surface area contributed by atoms with Gasteiger partial charge in [-0.2, -0.15) is 5.10 Å². The van der Waals surface area contributed by atoms with Crippen molar-refractivity contribution >= 4 is 12.1 Å². The van der Waals surface area contributed by atoms with E-state index in [1.165, 1.54) is 0 Å². The molecule has 1 amide bonds. The highest BCUT2D eigenvalue weighted by atomic mass is 16.5. The van der Waals surface area contributed by atoms with Gasteiger partial charge in [-0.15, -0.1) is 0 Å². The SMILES string of the molecule is COc1cc(C)c(/C=N\NC(=O)c2ccc(-n3c(C)ccc3C)cc2)cc1C(C)C. The predicted octanol–water partition coefficient (Wildman–Crippen LogP) is 5.30. The van der Waals surface area contributed by atoms with E-state index in [1.54, 1.807) is 13.3 Å². The van der Waals surface area contributed by atoms with Gasteiger partial charge in [-0.3, -0.25) is 4.79 Å². The monoisotopic (exact) mass is 403 g/mol. The molecule has 1 N–H and O–H groups in total. The Labute approximate surface area is 178 Å². The van der Waals surface area contributed by atoms with E-state index in [2.05, 4.69) is 61.0 Å². The van der Waals surface area contributed by atoms with Gasteiger partial charge in [0.05, 0.1) is 13.3 Å². The first-order chi connectivity index (χ1) is 14.3. The lowest BCUT2D eigenvalue weighted by atomic mass is 9.97. The van der Waals surface area contributed by atoms with Gasteiger partial charge >= 0.3 is 0 Å².